The second kappa shape index (κ2) is 10.2. The van der Waals surface area contributed by atoms with Crippen molar-refractivity contribution in [2.45, 2.75) is 33.3 Å². The van der Waals surface area contributed by atoms with Crippen molar-refractivity contribution in [1.82, 2.24) is 5.32 Å². The third kappa shape index (κ3) is 6.66. The molecule has 0 fully saturated rings. The zero-order chi connectivity index (χ0) is 19.6. The van der Waals surface area contributed by atoms with E-state index in [9.17, 15) is 9.59 Å². The number of amides is 2. The first-order chi connectivity index (χ1) is 13.0. The molecular formula is C21H27N3O3. The van der Waals surface area contributed by atoms with Gasteiger partial charge in [0.05, 0.1) is 12.6 Å². The van der Waals surface area contributed by atoms with Crippen LogP contribution in [0.25, 0.3) is 0 Å². The fourth-order valence-electron chi connectivity index (χ4n) is 2.36. The Hall–Kier alpha value is -3.02. The molecule has 0 heterocycles. The van der Waals surface area contributed by atoms with E-state index in [0.29, 0.717) is 17.8 Å². The zero-order valence-electron chi connectivity index (χ0n) is 16.0. The van der Waals surface area contributed by atoms with E-state index < -0.39 is 0 Å². The van der Waals surface area contributed by atoms with Crippen molar-refractivity contribution < 1.29 is 14.3 Å². The highest BCUT2D eigenvalue weighted by Crippen LogP contribution is 2.17. The van der Waals surface area contributed by atoms with Gasteiger partial charge in [0.25, 0.3) is 5.91 Å². The van der Waals surface area contributed by atoms with Gasteiger partial charge in [-0.15, -0.1) is 0 Å². The van der Waals surface area contributed by atoms with E-state index >= 15 is 0 Å². The topological polar surface area (TPSA) is 79.5 Å². The molecule has 0 aromatic heterocycles. The van der Waals surface area contributed by atoms with Crippen molar-refractivity contribution >= 4 is 23.2 Å². The van der Waals surface area contributed by atoms with Crippen molar-refractivity contribution in [3.8, 4) is 5.75 Å². The van der Waals surface area contributed by atoms with Crippen molar-refractivity contribution in [3.05, 3.63) is 54.1 Å². The molecule has 27 heavy (non-hydrogen) atoms. The largest absolute Gasteiger partial charge is 0.491 e. The Bertz CT molecular complexity index is 760. The first-order valence-electron chi connectivity index (χ1n) is 9.20. The molecule has 0 aliphatic rings. The molecule has 2 amide bonds. The first-order valence-corrected chi connectivity index (χ1v) is 9.20. The van der Waals surface area contributed by atoms with Crippen molar-refractivity contribution in [3.63, 3.8) is 0 Å². The molecule has 6 heteroatoms. The number of ether oxygens (including phenoxy) is 1. The summed E-state index contributed by atoms with van der Waals surface area (Å²) in [6.07, 6.45) is 1.12. The number of rotatable bonds is 9. The van der Waals surface area contributed by atoms with E-state index in [2.05, 4.69) is 22.9 Å². The Kier molecular flexibility index (Phi) is 7.67. The Morgan fingerprint density at radius 2 is 1.78 bits per heavy atom. The number of nitrogens with one attached hydrogen (secondary N) is 3. The van der Waals surface area contributed by atoms with Gasteiger partial charge in [-0.1, -0.05) is 13.0 Å². The lowest BCUT2D eigenvalue weighted by Crippen LogP contribution is -2.24. The summed E-state index contributed by atoms with van der Waals surface area (Å²) in [5.74, 6) is 0.455. The molecule has 0 aliphatic heterocycles. The molecule has 3 N–H and O–H groups in total. The Morgan fingerprint density at radius 1 is 1.04 bits per heavy atom. The van der Waals surface area contributed by atoms with Gasteiger partial charge in [-0.3, -0.25) is 9.59 Å². The molecule has 144 valence electrons. The van der Waals surface area contributed by atoms with Gasteiger partial charge < -0.3 is 20.7 Å². The Balaban J connectivity index is 1.85. The molecule has 0 saturated heterocycles. The third-order valence-electron chi connectivity index (χ3n) is 3.97. The average Bonchev–Trinajstić information content (AvgIpc) is 2.67. The van der Waals surface area contributed by atoms with E-state index in [1.807, 2.05) is 38.1 Å². The monoisotopic (exact) mass is 369 g/mol. The minimum atomic E-state index is -0.192. The summed E-state index contributed by atoms with van der Waals surface area (Å²) in [5, 5.41) is 8.59. The predicted octanol–water partition coefficient (Wildman–Crippen LogP) is 3.66. The summed E-state index contributed by atoms with van der Waals surface area (Å²) >= 11 is 0. The number of carbonyl (C=O) groups is 2. The van der Waals surface area contributed by atoms with Crippen molar-refractivity contribution in [1.29, 1.82) is 0 Å². The summed E-state index contributed by atoms with van der Waals surface area (Å²) < 4.78 is 5.73. The summed E-state index contributed by atoms with van der Waals surface area (Å²) in [7, 11) is 0. The van der Waals surface area contributed by atoms with E-state index in [1.165, 1.54) is 0 Å². The third-order valence-corrected chi connectivity index (χ3v) is 3.97. The predicted molar refractivity (Wildman–Crippen MR) is 108 cm³/mol. The summed E-state index contributed by atoms with van der Waals surface area (Å²) in [6, 6.07) is 14.4. The fourth-order valence-corrected chi connectivity index (χ4v) is 2.36. The van der Waals surface area contributed by atoms with E-state index in [1.54, 1.807) is 24.3 Å². The van der Waals surface area contributed by atoms with Crippen LogP contribution in [-0.2, 0) is 4.79 Å². The highest BCUT2D eigenvalue weighted by Gasteiger charge is 2.07. The minimum Gasteiger partial charge on any atom is -0.491 e. The molecule has 0 bridgehead atoms. The second-order valence-electron chi connectivity index (χ2n) is 6.20. The summed E-state index contributed by atoms with van der Waals surface area (Å²) in [4.78, 5) is 24.0. The normalized spacial score (nSPS) is 11.4. The lowest BCUT2D eigenvalue weighted by Gasteiger charge is -2.13. The standard InChI is InChI=1S/C21H27N3O3/c1-4-15(3)27-19-11-9-17(10-12-19)23-14-20(25)24-18-8-6-7-16(13-18)21(26)22-5-2/h6-13,15,23H,4-5,14H2,1-3H3,(H,22,26)(H,24,25). The number of hydrogen-bond donors (Lipinski definition) is 3. The van der Waals surface area contributed by atoms with Gasteiger partial charge in [-0.05, 0) is 62.7 Å². The van der Waals surface area contributed by atoms with Crippen LogP contribution in [0, 0.1) is 0 Å². The van der Waals surface area contributed by atoms with Crippen LogP contribution in [0.15, 0.2) is 48.5 Å². The summed E-state index contributed by atoms with van der Waals surface area (Å²) in [5.41, 5.74) is 1.93. The van der Waals surface area contributed by atoms with Crippen LogP contribution < -0.4 is 20.7 Å². The zero-order valence-corrected chi connectivity index (χ0v) is 16.0. The van der Waals surface area contributed by atoms with Gasteiger partial charge in [0.15, 0.2) is 0 Å². The quantitative estimate of drug-likeness (QED) is 0.630. The number of benzene rings is 2. The van der Waals surface area contributed by atoms with Crippen LogP contribution >= 0.6 is 0 Å². The Labute approximate surface area is 160 Å². The van der Waals surface area contributed by atoms with Gasteiger partial charge in [-0.2, -0.15) is 0 Å². The highest BCUT2D eigenvalue weighted by atomic mass is 16.5. The van der Waals surface area contributed by atoms with Crippen LogP contribution in [0.2, 0.25) is 0 Å². The number of hydrogen-bond acceptors (Lipinski definition) is 4. The lowest BCUT2D eigenvalue weighted by molar-refractivity contribution is -0.114. The average molecular weight is 369 g/mol. The lowest BCUT2D eigenvalue weighted by atomic mass is 10.2. The molecule has 1 unspecified atom stereocenters. The molecule has 6 nitrogen and oxygen atoms in total. The molecular weight excluding hydrogens is 342 g/mol. The summed E-state index contributed by atoms with van der Waals surface area (Å²) in [6.45, 7) is 6.64. The SMILES string of the molecule is CCNC(=O)c1cccc(NC(=O)CNc2ccc(OC(C)CC)cc2)c1. The number of anilines is 2. The molecule has 0 aliphatic carbocycles. The molecule has 2 aromatic rings. The maximum Gasteiger partial charge on any atom is 0.251 e. The number of carbonyl (C=O) groups excluding carboxylic acids is 2. The van der Waals surface area contributed by atoms with Gasteiger partial charge >= 0.3 is 0 Å². The van der Waals surface area contributed by atoms with Crippen LogP contribution in [0.4, 0.5) is 11.4 Å². The molecule has 0 radical (unpaired) electrons. The molecule has 2 aromatic carbocycles. The van der Waals surface area contributed by atoms with Gasteiger partial charge in [0, 0.05) is 23.5 Å². The van der Waals surface area contributed by atoms with E-state index in [4.69, 9.17) is 4.74 Å². The van der Waals surface area contributed by atoms with Gasteiger partial charge in [-0.25, -0.2) is 0 Å². The van der Waals surface area contributed by atoms with E-state index in [0.717, 1.165) is 17.9 Å². The van der Waals surface area contributed by atoms with E-state index in [-0.39, 0.29) is 24.5 Å². The molecule has 1 atom stereocenters. The van der Waals surface area contributed by atoms with Crippen molar-refractivity contribution in [2.75, 3.05) is 23.7 Å². The van der Waals surface area contributed by atoms with Gasteiger partial charge in [0.2, 0.25) is 5.91 Å². The fraction of sp³-hybridized carbons (Fsp3) is 0.333. The van der Waals surface area contributed by atoms with Crippen molar-refractivity contribution in [2.24, 2.45) is 0 Å². The van der Waals surface area contributed by atoms with Crippen LogP contribution in [0.1, 0.15) is 37.6 Å². The maximum absolute atomic E-state index is 12.1. The van der Waals surface area contributed by atoms with Crippen LogP contribution in [0.3, 0.4) is 0 Å². The van der Waals surface area contributed by atoms with Crippen LogP contribution in [0.5, 0.6) is 5.75 Å². The minimum absolute atomic E-state index is 0.122. The molecule has 2 rings (SSSR count). The van der Waals surface area contributed by atoms with Crippen LogP contribution in [-0.4, -0.2) is 31.0 Å². The van der Waals surface area contributed by atoms with Gasteiger partial charge in [0.1, 0.15) is 5.75 Å². The maximum atomic E-state index is 12.1. The molecule has 0 saturated carbocycles. The highest BCUT2D eigenvalue weighted by molar-refractivity contribution is 5.98. The smallest absolute Gasteiger partial charge is 0.251 e. The first kappa shape index (κ1) is 20.3. The Morgan fingerprint density at radius 3 is 2.44 bits per heavy atom. The molecule has 0 spiro atoms. The second-order valence-corrected chi connectivity index (χ2v) is 6.20.